The molecule has 110 valence electrons. The van der Waals surface area contributed by atoms with Crippen LogP contribution in [0.3, 0.4) is 0 Å². The lowest BCUT2D eigenvalue weighted by Gasteiger charge is -2.08. The summed E-state index contributed by atoms with van der Waals surface area (Å²) in [6, 6.07) is 8.46. The Balaban J connectivity index is 1.53. The lowest BCUT2D eigenvalue weighted by Crippen LogP contribution is -2.18. The minimum Gasteiger partial charge on any atom is -0.361 e. The average molecular weight is 282 g/mol. The molecule has 0 aliphatic heterocycles. The van der Waals surface area contributed by atoms with Crippen LogP contribution in [0.25, 0.3) is 10.9 Å². The van der Waals surface area contributed by atoms with Crippen molar-refractivity contribution in [1.82, 2.24) is 19.9 Å². The lowest BCUT2D eigenvalue weighted by molar-refractivity contribution is 0.602. The molecule has 0 aliphatic carbocycles. The number of nitrogens with zero attached hydrogens (tertiary/aromatic N) is 2. The second-order valence-corrected chi connectivity index (χ2v) is 5.36. The fourth-order valence-corrected chi connectivity index (χ4v) is 2.72. The highest BCUT2D eigenvalue weighted by molar-refractivity contribution is 5.83. The summed E-state index contributed by atoms with van der Waals surface area (Å²) >= 11 is 0. The molecular formula is C17H22N4. The molecule has 4 nitrogen and oxygen atoms in total. The van der Waals surface area contributed by atoms with Crippen molar-refractivity contribution >= 4 is 10.9 Å². The van der Waals surface area contributed by atoms with Gasteiger partial charge in [-0.2, -0.15) is 0 Å². The Morgan fingerprint density at radius 2 is 2.19 bits per heavy atom. The van der Waals surface area contributed by atoms with Crippen LogP contribution in [0, 0.1) is 0 Å². The Kier molecular flexibility index (Phi) is 4.36. The van der Waals surface area contributed by atoms with Gasteiger partial charge < -0.3 is 14.9 Å². The van der Waals surface area contributed by atoms with Crippen molar-refractivity contribution < 1.29 is 0 Å². The van der Waals surface area contributed by atoms with E-state index >= 15 is 0 Å². The van der Waals surface area contributed by atoms with Crippen molar-refractivity contribution in [3.8, 4) is 0 Å². The summed E-state index contributed by atoms with van der Waals surface area (Å²) in [5.41, 5.74) is 3.85. The number of hydrogen-bond donors (Lipinski definition) is 2. The highest BCUT2D eigenvalue weighted by Crippen LogP contribution is 2.17. The highest BCUT2D eigenvalue weighted by atomic mass is 15.1. The topological polar surface area (TPSA) is 45.6 Å². The Hall–Kier alpha value is -2.07. The number of aryl methyl sites for hydroxylation is 1. The Labute approximate surface area is 125 Å². The molecule has 0 fully saturated rings. The molecule has 2 N–H and O–H groups in total. The molecule has 2 heterocycles. The summed E-state index contributed by atoms with van der Waals surface area (Å²) in [5.74, 6) is 0. The number of imidazole rings is 1. The van der Waals surface area contributed by atoms with Crippen LogP contribution in [0.1, 0.15) is 24.6 Å². The summed E-state index contributed by atoms with van der Waals surface area (Å²) in [5, 5.41) is 4.84. The molecule has 0 atom stereocenters. The van der Waals surface area contributed by atoms with Gasteiger partial charge in [0.15, 0.2) is 0 Å². The molecule has 2 aromatic heterocycles. The summed E-state index contributed by atoms with van der Waals surface area (Å²) in [6.07, 6.45) is 8.16. The first-order valence-corrected chi connectivity index (χ1v) is 7.63. The number of fused-ring (bicyclic) bond motifs is 1. The number of hydrogen-bond acceptors (Lipinski definition) is 2. The zero-order chi connectivity index (χ0) is 14.5. The van der Waals surface area contributed by atoms with Crippen LogP contribution in [0.15, 0.2) is 43.0 Å². The summed E-state index contributed by atoms with van der Waals surface area (Å²) in [6.45, 7) is 5.08. The molecule has 0 unspecified atom stereocenters. The molecular weight excluding hydrogens is 260 g/mol. The zero-order valence-electron chi connectivity index (χ0n) is 12.5. The second kappa shape index (κ2) is 6.59. The normalized spacial score (nSPS) is 11.3. The first-order valence-electron chi connectivity index (χ1n) is 7.63. The molecule has 0 saturated heterocycles. The van der Waals surface area contributed by atoms with E-state index in [0.717, 1.165) is 32.5 Å². The SMILES string of the molecule is CCCn1cncc1CNCCc1c[nH]c2ccccc12. The van der Waals surface area contributed by atoms with Crippen LogP contribution < -0.4 is 5.32 Å². The maximum absolute atomic E-state index is 4.23. The van der Waals surface area contributed by atoms with Crippen molar-refractivity contribution in [3.05, 3.63) is 54.2 Å². The summed E-state index contributed by atoms with van der Waals surface area (Å²) < 4.78 is 2.22. The van der Waals surface area contributed by atoms with E-state index in [0.29, 0.717) is 0 Å². The molecule has 21 heavy (non-hydrogen) atoms. The summed E-state index contributed by atoms with van der Waals surface area (Å²) in [7, 11) is 0. The van der Waals surface area contributed by atoms with Crippen molar-refractivity contribution in [3.63, 3.8) is 0 Å². The first kappa shape index (κ1) is 13.9. The van der Waals surface area contributed by atoms with Crippen LogP contribution in [0.2, 0.25) is 0 Å². The van der Waals surface area contributed by atoms with Gasteiger partial charge in [0.2, 0.25) is 0 Å². The zero-order valence-corrected chi connectivity index (χ0v) is 12.5. The molecule has 3 aromatic rings. The lowest BCUT2D eigenvalue weighted by atomic mass is 10.1. The van der Waals surface area contributed by atoms with E-state index in [-0.39, 0.29) is 0 Å². The maximum atomic E-state index is 4.23. The van der Waals surface area contributed by atoms with Gasteiger partial charge in [0.25, 0.3) is 0 Å². The van der Waals surface area contributed by atoms with E-state index in [4.69, 9.17) is 0 Å². The van der Waals surface area contributed by atoms with Gasteiger partial charge in [-0.15, -0.1) is 0 Å². The summed E-state index contributed by atoms with van der Waals surface area (Å²) in [4.78, 5) is 7.55. The number of nitrogens with one attached hydrogen (secondary N) is 2. The third-order valence-corrected chi connectivity index (χ3v) is 3.82. The van der Waals surface area contributed by atoms with Crippen molar-refractivity contribution in [2.24, 2.45) is 0 Å². The smallest absolute Gasteiger partial charge is 0.0948 e. The van der Waals surface area contributed by atoms with Gasteiger partial charge in [-0.25, -0.2) is 4.98 Å². The Bertz CT molecular complexity index is 695. The van der Waals surface area contributed by atoms with E-state index in [9.17, 15) is 0 Å². The van der Waals surface area contributed by atoms with Crippen molar-refractivity contribution in [1.29, 1.82) is 0 Å². The minimum absolute atomic E-state index is 0.877. The van der Waals surface area contributed by atoms with E-state index in [2.05, 4.69) is 57.2 Å². The van der Waals surface area contributed by atoms with Gasteiger partial charge in [0.1, 0.15) is 0 Å². The largest absolute Gasteiger partial charge is 0.361 e. The third-order valence-electron chi connectivity index (χ3n) is 3.82. The van der Waals surface area contributed by atoms with Crippen molar-refractivity contribution in [2.75, 3.05) is 6.54 Å². The van der Waals surface area contributed by atoms with Crippen molar-refractivity contribution in [2.45, 2.75) is 32.9 Å². The molecule has 0 amide bonds. The first-order chi connectivity index (χ1) is 10.4. The van der Waals surface area contributed by atoms with Crippen LogP contribution in [0.4, 0.5) is 0 Å². The maximum Gasteiger partial charge on any atom is 0.0948 e. The number of aromatic nitrogens is 3. The number of rotatable bonds is 7. The fraction of sp³-hybridized carbons (Fsp3) is 0.353. The molecule has 0 spiro atoms. The fourth-order valence-electron chi connectivity index (χ4n) is 2.72. The average Bonchev–Trinajstić information content (AvgIpc) is 3.11. The molecule has 0 saturated carbocycles. The van der Waals surface area contributed by atoms with Crippen LogP contribution in [-0.4, -0.2) is 21.1 Å². The predicted octanol–water partition coefficient (Wildman–Crippen LogP) is 3.11. The predicted molar refractivity (Wildman–Crippen MR) is 86.2 cm³/mol. The third kappa shape index (κ3) is 3.16. The Morgan fingerprint density at radius 3 is 3.10 bits per heavy atom. The van der Waals surface area contributed by atoms with Gasteiger partial charge >= 0.3 is 0 Å². The van der Waals surface area contributed by atoms with Crippen LogP contribution >= 0.6 is 0 Å². The highest BCUT2D eigenvalue weighted by Gasteiger charge is 2.03. The number of benzene rings is 1. The van der Waals surface area contributed by atoms with E-state index in [1.165, 1.54) is 22.2 Å². The van der Waals surface area contributed by atoms with Gasteiger partial charge in [-0.3, -0.25) is 0 Å². The van der Waals surface area contributed by atoms with Gasteiger partial charge in [0, 0.05) is 36.4 Å². The molecule has 0 aliphatic rings. The molecule has 3 rings (SSSR count). The molecule has 1 aromatic carbocycles. The standard InChI is InChI=1S/C17H22N4/c1-2-9-21-13-19-12-15(21)11-18-8-7-14-10-20-17-6-4-3-5-16(14)17/h3-6,10,12-13,18,20H,2,7-9,11H2,1H3. The molecule has 0 bridgehead atoms. The number of aromatic amines is 1. The monoisotopic (exact) mass is 282 g/mol. The van der Waals surface area contributed by atoms with E-state index in [1.54, 1.807) is 0 Å². The van der Waals surface area contributed by atoms with E-state index < -0.39 is 0 Å². The minimum atomic E-state index is 0.877. The second-order valence-electron chi connectivity index (χ2n) is 5.36. The van der Waals surface area contributed by atoms with Crippen LogP contribution in [0.5, 0.6) is 0 Å². The quantitative estimate of drug-likeness (QED) is 0.654. The van der Waals surface area contributed by atoms with Gasteiger partial charge in [-0.1, -0.05) is 25.1 Å². The van der Waals surface area contributed by atoms with Gasteiger partial charge in [-0.05, 0) is 31.0 Å². The van der Waals surface area contributed by atoms with E-state index in [1.807, 2.05) is 12.5 Å². The Morgan fingerprint density at radius 1 is 1.29 bits per heavy atom. The number of H-pyrrole nitrogens is 1. The molecule has 0 radical (unpaired) electrons. The van der Waals surface area contributed by atoms with Crippen LogP contribution in [-0.2, 0) is 19.5 Å². The van der Waals surface area contributed by atoms with Gasteiger partial charge in [0.05, 0.1) is 12.0 Å². The number of para-hydroxylation sites is 1. The molecule has 4 heteroatoms.